The van der Waals surface area contributed by atoms with Gasteiger partial charge in [-0.3, -0.25) is 4.90 Å². The molecule has 2 aromatic heterocycles. The van der Waals surface area contributed by atoms with Crippen molar-refractivity contribution in [2.75, 3.05) is 26.8 Å². The molecule has 3 heterocycles. The van der Waals surface area contributed by atoms with Gasteiger partial charge in [0.05, 0.1) is 17.8 Å². The molecule has 1 fully saturated rings. The average molecular weight is 349 g/mol. The first-order valence-electron chi connectivity index (χ1n) is 8.78. The van der Waals surface area contributed by atoms with Gasteiger partial charge in [-0.2, -0.15) is 0 Å². The fraction of sp³-hybridized carbons (Fsp3) is 0.667. The quantitative estimate of drug-likeness (QED) is 0.771. The predicted octanol–water partition coefficient (Wildman–Crippen LogP) is 3.06. The predicted molar refractivity (Wildman–Crippen MR) is 97.4 cm³/mol. The van der Waals surface area contributed by atoms with E-state index >= 15 is 0 Å². The first-order valence-corrected chi connectivity index (χ1v) is 9.66. The number of hydrogen-bond donors (Lipinski definition) is 0. The number of methoxy groups -OCH3 is 1. The molecule has 1 unspecified atom stereocenters. The number of piperidine rings is 1. The first-order chi connectivity index (χ1) is 11.7. The van der Waals surface area contributed by atoms with E-state index in [1.165, 1.54) is 41.5 Å². The van der Waals surface area contributed by atoms with Crippen LogP contribution in [0.25, 0.3) is 0 Å². The van der Waals surface area contributed by atoms with Crippen LogP contribution < -0.4 is 0 Å². The van der Waals surface area contributed by atoms with Crippen molar-refractivity contribution in [2.45, 2.75) is 46.2 Å². The molecule has 132 valence electrons. The summed E-state index contributed by atoms with van der Waals surface area (Å²) in [5.74, 6) is 1.90. The third-order valence-electron chi connectivity index (χ3n) is 4.94. The number of thiazole rings is 1. The fourth-order valence-electron chi connectivity index (χ4n) is 3.56. The largest absolute Gasteiger partial charge is 0.383 e. The molecule has 1 aliphatic rings. The lowest BCUT2D eigenvalue weighted by atomic mass is 9.94. The van der Waals surface area contributed by atoms with E-state index in [-0.39, 0.29) is 0 Å². The van der Waals surface area contributed by atoms with Crippen LogP contribution >= 0.6 is 11.3 Å². The minimum atomic E-state index is 0.690. The van der Waals surface area contributed by atoms with Crippen molar-refractivity contribution in [3.63, 3.8) is 0 Å². The zero-order valence-electron chi connectivity index (χ0n) is 15.0. The summed E-state index contributed by atoms with van der Waals surface area (Å²) in [6.45, 7) is 9.29. The molecule has 0 spiro atoms. The van der Waals surface area contributed by atoms with E-state index in [4.69, 9.17) is 4.74 Å². The Bertz CT molecular complexity index is 651. The van der Waals surface area contributed by atoms with Crippen LogP contribution in [-0.4, -0.2) is 46.2 Å². The van der Waals surface area contributed by atoms with Crippen molar-refractivity contribution in [3.8, 4) is 0 Å². The average Bonchev–Trinajstić information content (AvgIpc) is 3.12. The zero-order chi connectivity index (χ0) is 16.9. The molecule has 0 N–H and O–H groups in total. The highest BCUT2D eigenvalue weighted by Gasteiger charge is 2.23. The summed E-state index contributed by atoms with van der Waals surface area (Å²) in [6.07, 6.45) is 5.64. The minimum Gasteiger partial charge on any atom is -0.383 e. The number of imidazole rings is 1. The molecule has 0 radical (unpaired) electrons. The van der Waals surface area contributed by atoms with Crippen molar-refractivity contribution in [3.05, 3.63) is 33.8 Å². The molecular formula is C18H28N4OS. The lowest BCUT2D eigenvalue weighted by Crippen LogP contribution is -2.36. The van der Waals surface area contributed by atoms with Gasteiger partial charge in [0.15, 0.2) is 0 Å². The van der Waals surface area contributed by atoms with Crippen LogP contribution in [0.15, 0.2) is 11.7 Å². The molecule has 0 bridgehead atoms. The second-order valence-corrected chi connectivity index (χ2v) is 7.71. The van der Waals surface area contributed by atoms with Gasteiger partial charge < -0.3 is 9.30 Å². The summed E-state index contributed by atoms with van der Waals surface area (Å²) in [6, 6.07) is 0. The van der Waals surface area contributed by atoms with Gasteiger partial charge in [0, 0.05) is 49.9 Å². The highest BCUT2D eigenvalue weighted by Crippen LogP contribution is 2.24. The first kappa shape index (κ1) is 17.6. The summed E-state index contributed by atoms with van der Waals surface area (Å²) in [5.41, 5.74) is 4.38. The standard InChI is InChI=1S/C18H28N4OS/c1-14-10-19-18(22(14)7-8-23-3)9-16-5-4-6-21(11-16)12-17-15(2)20-13-24-17/h10,13,16H,4-9,11-12H2,1-3H3. The second kappa shape index (κ2) is 8.23. The summed E-state index contributed by atoms with van der Waals surface area (Å²) < 4.78 is 7.56. The molecule has 3 rings (SSSR count). The molecule has 0 aromatic carbocycles. The van der Waals surface area contributed by atoms with Crippen molar-refractivity contribution in [2.24, 2.45) is 5.92 Å². The van der Waals surface area contributed by atoms with Gasteiger partial charge in [-0.1, -0.05) is 0 Å². The van der Waals surface area contributed by atoms with Crippen molar-refractivity contribution in [1.29, 1.82) is 0 Å². The summed E-state index contributed by atoms with van der Waals surface area (Å²) >= 11 is 1.78. The maximum atomic E-state index is 5.24. The molecule has 1 saturated heterocycles. The Kier molecular flexibility index (Phi) is 6.03. The van der Waals surface area contributed by atoms with E-state index < -0.39 is 0 Å². The SMILES string of the molecule is COCCn1c(C)cnc1CC1CCCN(Cc2scnc2C)C1. The maximum absolute atomic E-state index is 5.24. The highest BCUT2D eigenvalue weighted by molar-refractivity contribution is 7.09. The van der Waals surface area contributed by atoms with Crippen molar-refractivity contribution >= 4 is 11.3 Å². The number of likely N-dealkylation sites (tertiary alicyclic amines) is 1. The topological polar surface area (TPSA) is 43.2 Å². The minimum absolute atomic E-state index is 0.690. The number of rotatable bonds is 7. The van der Waals surface area contributed by atoms with Gasteiger partial charge >= 0.3 is 0 Å². The van der Waals surface area contributed by atoms with Gasteiger partial charge in [-0.25, -0.2) is 9.97 Å². The zero-order valence-corrected chi connectivity index (χ0v) is 15.8. The molecule has 24 heavy (non-hydrogen) atoms. The Hall–Kier alpha value is -1.24. The molecule has 0 aliphatic carbocycles. The molecule has 0 amide bonds. The smallest absolute Gasteiger partial charge is 0.109 e. The van der Waals surface area contributed by atoms with Gasteiger partial charge in [0.2, 0.25) is 0 Å². The van der Waals surface area contributed by atoms with Gasteiger partial charge in [0.25, 0.3) is 0 Å². The molecule has 5 nitrogen and oxygen atoms in total. The van der Waals surface area contributed by atoms with Crippen LogP contribution in [0.5, 0.6) is 0 Å². The molecule has 2 aromatic rings. The number of aryl methyl sites for hydroxylation is 2. The normalized spacial score (nSPS) is 19.0. The van der Waals surface area contributed by atoms with Crippen LogP contribution in [0.1, 0.15) is 34.9 Å². The monoisotopic (exact) mass is 348 g/mol. The molecule has 1 aliphatic heterocycles. The van der Waals surface area contributed by atoms with Gasteiger partial charge in [-0.05, 0) is 39.2 Å². The number of aromatic nitrogens is 3. The highest BCUT2D eigenvalue weighted by atomic mass is 32.1. The molecule has 1 atom stereocenters. The maximum Gasteiger partial charge on any atom is 0.109 e. The third-order valence-corrected chi connectivity index (χ3v) is 5.86. The second-order valence-electron chi connectivity index (χ2n) is 6.77. The Balaban J connectivity index is 1.60. The van der Waals surface area contributed by atoms with Gasteiger partial charge in [0.1, 0.15) is 5.82 Å². The Morgan fingerprint density at radius 1 is 1.33 bits per heavy atom. The molecule has 0 saturated carbocycles. The lowest BCUT2D eigenvalue weighted by Gasteiger charge is -2.32. The lowest BCUT2D eigenvalue weighted by molar-refractivity contribution is 0.163. The van der Waals surface area contributed by atoms with E-state index in [9.17, 15) is 0 Å². The van der Waals surface area contributed by atoms with Crippen molar-refractivity contribution < 1.29 is 4.74 Å². The van der Waals surface area contributed by atoms with E-state index in [2.05, 4.69) is 33.3 Å². The Morgan fingerprint density at radius 3 is 2.96 bits per heavy atom. The fourth-order valence-corrected chi connectivity index (χ4v) is 4.38. The van der Waals surface area contributed by atoms with Crippen LogP contribution in [-0.2, 0) is 24.2 Å². The Morgan fingerprint density at radius 2 is 2.21 bits per heavy atom. The van der Waals surface area contributed by atoms with E-state index in [0.717, 1.165) is 32.7 Å². The Labute approximate surface area is 148 Å². The van der Waals surface area contributed by atoms with Crippen molar-refractivity contribution in [1.82, 2.24) is 19.4 Å². The van der Waals surface area contributed by atoms with Crippen LogP contribution in [0.3, 0.4) is 0 Å². The molecule has 6 heteroatoms. The van der Waals surface area contributed by atoms with Gasteiger partial charge in [-0.15, -0.1) is 11.3 Å². The van der Waals surface area contributed by atoms with Crippen LogP contribution in [0.2, 0.25) is 0 Å². The van der Waals surface area contributed by atoms with Crippen LogP contribution in [0.4, 0.5) is 0 Å². The van der Waals surface area contributed by atoms with Crippen LogP contribution in [0, 0.1) is 19.8 Å². The van der Waals surface area contributed by atoms with E-state index in [1.54, 1.807) is 18.4 Å². The van der Waals surface area contributed by atoms with E-state index in [1.807, 2.05) is 11.7 Å². The number of hydrogen-bond acceptors (Lipinski definition) is 5. The molecular weight excluding hydrogens is 320 g/mol. The number of nitrogens with zero attached hydrogens (tertiary/aromatic N) is 4. The summed E-state index contributed by atoms with van der Waals surface area (Å²) in [7, 11) is 1.76. The summed E-state index contributed by atoms with van der Waals surface area (Å²) in [5, 5.41) is 0. The third kappa shape index (κ3) is 4.23. The summed E-state index contributed by atoms with van der Waals surface area (Å²) in [4.78, 5) is 13.0. The van der Waals surface area contributed by atoms with E-state index in [0.29, 0.717) is 5.92 Å². The number of ether oxygens (including phenoxy) is 1.